The minimum Gasteiger partial charge on any atom is -0.328 e. The van der Waals surface area contributed by atoms with Crippen molar-refractivity contribution in [3.05, 3.63) is 46.7 Å². The van der Waals surface area contributed by atoms with E-state index in [1.807, 2.05) is 29.9 Å². The van der Waals surface area contributed by atoms with Crippen LogP contribution in [0.1, 0.15) is 12.5 Å². The van der Waals surface area contributed by atoms with Crippen LogP contribution in [0.4, 0.5) is 0 Å². The summed E-state index contributed by atoms with van der Waals surface area (Å²) in [6.45, 7) is 2.01. The topological polar surface area (TPSA) is 43.8 Å². The Bertz CT molecular complexity index is 463. The van der Waals surface area contributed by atoms with Gasteiger partial charge in [0.1, 0.15) is 0 Å². The van der Waals surface area contributed by atoms with Crippen LogP contribution in [0.25, 0.3) is 5.69 Å². The molecule has 1 aromatic carbocycles. The smallest absolute Gasteiger partial charge is 0.0689 e. The standard InChI is InChI=1S/C12H14BrN3/c1-9(14)7-10-3-4-11(13)8-12(10)16-6-2-5-15-16/h2-6,8-9H,7,14H2,1H3. The molecule has 0 aliphatic heterocycles. The van der Waals surface area contributed by atoms with Crippen molar-refractivity contribution >= 4 is 15.9 Å². The first-order valence-corrected chi connectivity index (χ1v) is 6.00. The van der Waals surface area contributed by atoms with Crippen LogP contribution in [0.3, 0.4) is 0 Å². The summed E-state index contributed by atoms with van der Waals surface area (Å²) in [6.07, 6.45) is 4.56. The highest BCUT2D eigenvalue weighted by molar-refractivity contribution is 9.10. The van der Waals surface area contributed by atoms with Crippen LogP contribution in [0.5, 0.6) is 0 Å². The Labute approximate surface area is 103 Å². The van der Waals surface area contributed by atoms with Crippen molar-refractivity contribution in [3.8, 4) is 5.69 Å². The molecule has 2 rings (SSSR count). The lowest BCUT2D eigenvalue weighted by Gasteiger charge is -2.12. The van der Waals surface area contributed by atoms with Gasteiger partial charge >= 0.3 is 0 Å². The van der Waals surface area contributed by atoms with Gasteiger partial charge in [0.15, 0.2) is 0 Å². The van der Waals surface area contributed by atoms with E-state index in [1.54, 1.807) is 6.20 Å². The SMILES string of the molecule is CC(N)Cc1ccc(Br)cc1-n1cccn1. The molecular formula is C12H14BrN3. The summed E-state index contributed by atoms with van der Waals surface area (Å²) in [5, 5.41) is 4.25. The highest BCUT2D eigenvalue weighted by Gasteiger charge is 2.07. The number of aromatic nitrogens is 2. The average molecular weight is 280 g/mol. The van der Waals surface area contributed by atoms with Crippen molar-refractivity contribution in [1.82, 2.24) is 9.78 Å². The molecule has 84 valence electrons. The number of benzene rings is 1. The van der Waals surface area contributed by atoms with E-state index in [0.29, 0.717) is 0 Å². The fraction of sp³-hybridized carbons (Fsp3) is 0.250. The van der Waals surface area contributed by atoms with E-state index in [4.69, 9.17) is 5.73 Å². The molecule has 1 unspecified atom stereocenters. The first kappa shape index (κ1) is 11.4. The van der Waals surface area contributed by atoms with Crippen LogP contribution in [-0.2, 0) is 6.42 Å². The highest BCUT2D eigenvalue weighted by atomic mass is 79.9. The van der Waals surface area contributed by atoms with Crippen molar-refractivity contribution < 1.29 is 0 Å². The van der Waals surface area contributed by atoms with Crippen LogP contribution in [0, 0.1) is 0 Å². The Balaban J connectivity index is 2.45. The molecule has 0 aliphatic carbocycles. The van der Waals surface area contributed by atoms with Gasteiger partial charge in [0.25, 0.3) is 0 Å². The third-order valence-electron chi connectivity index (χ3n) is 2.34. The second-order valence-electron chi connectivity index (χ2n) is 3.91. The van der Waals surface area contributed by atoms with Crippen LogP contribution in [-0.4, -0.2) is 15.8 Å². The molecule has 2 aromatic rings. The molecule has 2 N–H and O–H groups in total. The quantitative estimate of drug-likeness (QED) is 0.938. The van der Waals surface area contributed by atoms with Crippen molar-refractivity contribution in [2.75, 3.05) is 0 Å². The molecule has 1 heterocycles. The maximum atomic E-state index is 5.84. The second kappa shape index (κ2) is 4.80. The van der Waals surface area contributed by atoms with Gasteiger partial charge in [-0.25, -0.2) is 4.68 Å². The van der Waals surface area contributed by atoms with E-state index in [1.165, 1.54) is 5.56 Å². The maximum Gasteiger partial charge on any atom is 0.0689 e. The summed E-state index contributed by atoms with van der Waals surface area (Å²) >= 11 is 3.48. The van der Waals surface area contributed by atoms with Gasteiger partial charge in [0.05, 0.1) is 5.69 Å². The molecule has 0 bridgehead atoms. The van der Waals surface area contributed by atoms with E-state index in [0.717, 1.165) is 16.6 Å². The van der Waals surface area contributed by atoms with Crippen LogP contribution >= 0.6 is 15.9 Å². The largest absolute Gasteiger partial charge is 0.328 e. The highest BCUT2D eigenvalue weighted by Crippen LogP contribution is 2.20. The minimum atomic E-state index is 0.149. The van der Waals surface area contributed by atoms with Crippen LogP contribution < -0.4 is 5.73 Å². The fourth-order valence-electron chi connectivity index (χ4n) is 1.68. The van der Waals surface area contributed by atoms with Gasteiger partial charge in [0.2, 0.25) is 0 Å². The molecule has 0 aliphatic rings. The Morgan fingerprint density at radius 3 is 2.94 bits per heavy atom. The van der Waals surface area contributed by atoms with Gasteiger partial charge in [-0.3, -0.25) is 0 Å². The van der Waals surface area contributed by atoms with Crippen LogP contribution in [0.2, 0.25) is 0 Å². The van der Waals surface area contributed by atoms with E-state index in [-0.39, 0.29) is 6.04 Å². The number of halogens is 1. The van der Waals surface area contributed by atoms with E-state index in [2.05, 4.69) is 33.2 Å². The predicted molar refractivity (Wildman–Crippen MR) is 68.6 cm³/mol. The van der Waals surface area contributed by atoms with E-state index in [9.17, 15) is 0 Å². The number of nitrogens with zero attached hydrogens (tertiary/aromatic N) is 2. The van der Waals surface area contributed by atoms with Gasteiger partial charge in [-0.1, -0.05) is 22.0 Å². The lowest BCUT2D eigenvalue weighted by molar-refractivity contribution is 0.727. The molecular weight excluding hydrogens is 266 g/mol. The summed E-state index contributed by atoms with van der Waals surface area (Å²) in [4.78, 5) is 0. The fourth-order valence-corrected chi connectivity index (χ4v) is 2.03. The summed E-state index contributed by atoms with van der Waals surface area (Å²) in [7, 11) is 0. The molecule has 0 radical (unpaired) electrons. The second-order valence-corrected chi connectivity index (χ2v) is 4.82. The van der Waals surface area contributed by atoms with Gasteiger partial charge in [-0.05, 0) is 37.1 Å². The average Bonchev–Trinajstić information content (AvgIpc) is 2.73. The number of hydrogen-bond acceptors (Lipinski definition) is 2. The normalized spacial score (nSPS) is 12.7. The maximum absolute atomic E-state index is 5.84. The molecule has 0 spiro atoms. The summed E-state index contributed by atoms with van der Waals surface area (Å²) in [5.74, 6) is 0. The summed E-state index contributed by atoms with van der Waals surface area (Å²) in [5.41, 5.74) is 8.13. The van der Waals surface area contributed by atoms with Crippen molar-refractivity contribution in [1.29, 1.82) is 0 Å². The van der Waals surface area contributed by atoms with Gasteiger partial charge in [0, 0.05) is 22.9 Å². The molecule has 4 heteroatoms. The first-order chi connectivity index (χ1) is 7.66. The lowest BCUT2D eigenvalue weighted by Crippen LogP contribution is -2.19. The molecule has 1 atom stereocenters. The van der Waals surface area contributed by atoms with Gasteiger partial charge in [-0.2, -0.15) is 5.10 Å². The van der Waals surface area contributed by atoms with Crippen LogP contribution in [0.15, 0.2) is 41.1 Å². The number of nitrogens with two attached hydrogens (primary N) is 1. The minimum absolute atomic E-state index is 0.149. The first-order valence-electron chi connectivity index (χ1n) is 5.21. The summed E-state index contributed by atoms with van der Waals surface area (Å²) in [6, 6.07) is 8.24. The zero-order chi connectivity index (χ0) is 11.5. The molecule has 3 nitrogen and oxygen atoms in total. The molecule has 1 aromatic heterocycles. The van der Waals surface area contributed by atoms with E-state index < -0.39 is 0 Å². The number of hydrogen-bond donors (Lipinski definition) is 1. The third kappa shape index (κ3) is 2.51. The Morgan fingerprint density at radius 1 is 1.50 bits per heavy atom. The lowest BCUT2D eigenvalue weighted by atomic mass is 10.1. The molecule has 16 heavy (non-hydrogen) atoms. The predicted octanol–water partition coefficient (Wildman–Crippen LogP) is 2.52. The van der Waals surface area contributed by atoms with Crippen molar-refractivity contribution in [3.63, 3.8) is 0 Å². The van der Waals surface area contributed by atoms with Gasteiger partial charge in [-0.15, -0.1) is 0 Å². The zero-order valence-corrected chi connectivity index (χ0v) is 10.7. The third-order valence-corrected chi connectivity index (χ3v) is 2.83. The summed E-state index contributed by atoms with van der Waals surface area (Å²) < 4.78 is 2.91. The molecule has 0 amide bonds. The van der Waals surface area contributed by atoms with Crippen molar-refractivity contribution in [2.24, 2.45) is 5.73 Å². The zero-order valence-electron chi connectivity index (χ0n) is 9.10. The Morgan fingerprint density at radius 2 is 2.31 bits per heavy atom. The van der Waals surface area contributed by atoms with Crippen molar-refractivity contribution in [2.45, 2.75) is 19.4 Å². The molecule has 0 fully saturated rings. The Kier molecular flexibility index (Phi) is 3.41. The monoisotopic (exact) mass is 279 g/mol. The Hall–Kier alpha value is -1.13. The van der Waals surface area contributed by atoms with Gasteiger partial charge < -0.3 is 5.73 Å². The molecule has 0 saturated carbocycles. The van der Waals surface area contributed by atoms with E-state index >= 15 is 0 Å². The number of rotatable bonds is 3. The molecule has 0 saturated heterocycles.